The molecule has 0 atom stereocenters. The van der Waals surface area contributed by atoms with Crippen LogP contribution in [0.25, 0.3) is 0 Å². The van der Waals surface area contributed by atoms with Crippen molar-refractivity contribution in [3.63, 3.8) is 0 Å². The zero-order chi connectivity index (χ0) is 17.5. The average Bonchev–Trinajstić information content (AvgIpc) is 3.12. The molecule has 6 heteroatoms. The zero-order valence-electron chi connectivity index (χ0n) is 14.6. The highest BCUT2D eigenvalue weighted by molar-refractivity contribution is 8.01. The number of benzene rings is 2. The van der Waals surface area contributed by atoms with Crippen LogP contribution >= 0.6 is 24.2 Å². The van der Waals surface area contributed by atoms with Crippen LogP contribution in [0.5, 0.6) is 5.75 Å². The summed E-state index contributed by atoms with van der Waals surface area (Å²) in [6.07, 6.45) is 4.02. The molecule has 140 valence electrons. The van der Waals surface area contributed by atoms with Crippen LogP contribution in [0, 0.1) is 0 Å². The van der Waals surface area contributed by atoms with E-state index in [9.17, 15) is 4.79 Å². The summed E-state index contributed by atoms with van der Waals surface area (Å²) < 4.78 is 5.09. The number of amides is 1. The highest BCUT2D eigenvalue weighted by Crippen LogP contribution is 2.46. The van der Waals surface area contributed by atoms with Crippen LogP contribution in [-0.2, 0) is 4.79 Å². The number of anilines is 1. The number of carbonyl (C=O) groups excluding carboxylic acids is 1. The number of nitrogens with one attached hydrogen (secondary N) is 1. The topological polar surface area (TPSA) is 64.3 Å². The SMILES string of the molecule is Cl.NCCOc1ccc(NC(=O)C2(Sc3ccccc3)CCCC2)cc1. The first-order valence-electron chi connectivity index (χ1n) is 8.70. The van der Waals surface area contributed by atoms with E-state index in [0.29, 0.717) is 13.2 Å². The van der Waals surface area contributed by atoms with E-state index in [4.69, 9.17) is 10.5 Å². The maximum absolute atomic E-state index is 13.0. The number of halogens is 1. The van der Waals surface area contributed by atoms with Crippen molar-refractivity contribution in [3.8, 4) is 5.75 Å². The first-order chi connectivity index (χ1) is 12.2. The van der Waals surface area contributed by atoms with Crippen molar-refractivity contribution in [3.05, 3.63) is 54.6 Å². The fourth-order valence-corrected chi connectivity index (χ4v) is 4.47. The molecule has 2 aromatic rings. The Bertz CT molecular complexity index is 689. The molecular weight excluding hydrogens is 368 g/mol. The molecule has 0 unspecified atom stereocenters. The van der Waals surface area contributed by atoms with Crippen LogP contribution < -0.4 is 15.8 Å². The van der Waals surface area contributed by atoms with Crippen LogP contribution in [0.15, 0.2) is 59.5 Å². The lowest BCUT2D eigenvalue weighted by molar-refractivity contribution is -0.118. The third kappa shape index (κ3) is 5.16. The fraction of sp³-hybridized carbons (Fsp3) is 0.350. The monoisotopic (exact) mass is 392 g/mol. The summed E-state index contributed by atoms with van der Waals surface area (Å²) in [7, 11) is 0. The van der Waals surface area contributed by atoms with Gasteiger partial charge in [-0.1, -0.05) is 31.0 Å². The van der Waals surface area contributed by atoms with Gasteiger partial charge in [0.25, 0.3) is 0 Å². The molecule has 1 aliphatic rings. The van der Waals surface area contributed by atoms with Crippen LogP contribution in [0.1, 0.15) is 25.7 Å². The number of thioether (sulfide) groups is 1. The summed E-state index contributed by atoms with van der Waals surface area (Å²) in [6.45, 7) is 0.972. The van der Waals surface area contributed by atoms with Gasteiger partial charge in [0.1, 0.15) is 12.4 Å². The van der Waals surface area contributed by atoms with Gasteiger partial charge in [0.15, 0.2) is 0 Å². The Kier molecular flexibility index (Phi) is 7.82. The molecule has 1 aliphatic carbocycles. The number of rotatable bonds is 7. The van der Waals surface area contributed by atoms with Gasteiger partial charge in [-0.2, -0.15) is 0 Å². The minimum Gasteiger partial charge on any atom is -0.492 e. The van der Waals surface area contributed by atoms with Gasteiger partial charge >= 0.3 is 0 Å². The predicted octanol–water partition coefficient (Wildman–Crippen LogP) is 4.49. The molecule has 0 spiro atoms. The second-order valence-corrected chi connectivity index (χ2v) is 7.69. The van der Waals surface area contributed by atoms with Gasteiger partial charge < -0.3 is 15.8 Å². The van der Waals surface area contributed by atoms with Gasteiger partial charge in [-0.15, -0.1) is 24.2 Å². The highest BCUT2D eigenvalue weighted by Gasteiger charge is 2.42. The van der Waals surface area contributed by atoms with Crippen molar-refractivity contribution in [2.75, 3.05) is 18.5 Å². The quantitative estimate of drug-likeness (QED) is 0.728. The molecule has 0 radical (unpaired) electrons. The molecule has 1 amide bonds. The number of hydrogen-bond acceptors (Lipinski definition) is 4. The van der Waals surface area contributed by atoms with Gasteiger partial charge in [-0.3, -0.25) is 4.79 Å². The third-order valence-corrected chi connectivity index (χ3v) is 5.87. The van der Waals surface area contributed by atoms with Crippen molar-refractivity contribution in [2.45, 2.75) is 35.3 Å². The minimum absolute atomic E-state index is 0. The molecule has 2 aromatic carbocycles. The van der Waals surface area contributed by atoms with Crippen LogP contribution in [0.3, 0.4) is 0 Å². The Morgan fingerprint density at radius 2 is 1.73 bits per heavy atom. The predicted molar refractivity (Wildman–Crippen MR) is 110 cm³/mol. The maximum atomic E-state index is 13.0. The van der Waals surface area contributed by atoms with Crippen molar-refractivity contribution in [1.29, 1.82) is 0 Å². The van der Waals surface area contributed by atoms with E-state index < -0.39 is 0 Å². The Labute approximate surface area is 165 Å². The molecule has 0 saturated heterocycles. The standard InChI is InChI=1S/C20H24N2O2S.ClH/c21-14-15-24-17-10-8-16(9-11-17)22-19(23)20(12-4-5-13-20)25-18-6-2-1-3-7-18;/h1-3,6-11H,4-5,12-15,21H2,(H,22,23);1H. The Morgan fingerprint density at radius 1 is 1.08 bits per heavy atom. The molecular formula is C20H25ClN2O2S. The van der Waals surface area contributed by atoms with Gasteiger partial charge in [0.2, 0.25) is 5.91 Å². The third-order valence-electron chi connectivity index (χ3n) is 4.38. The molecule has 26 heavy (non-hydrogen) atoms. The maximum Gasteiger partial charge on any atom is 0.240 e. The zero-order valence-corrected chi connectivity index (χ0v) is 16.3. The Morgan fingerprint density at radius 3 is 2.35 bits per heavy atom. The molecule has 3 rings (SSSR count). The van der Waals surface area contributed by atoms with Crippen molar-refractivity contribution in [1.82, 2.24) is 0 Å². The summed E-state index contributed by atoms with van der Waals surface area (Å²) in [4.78, 5) is 14.2. The molecule has 1 saturated carbocycles. The fourth-order valence-electron chi connectivity index (χ4n) is 3.09. The summed E-state index contributed by atoms with van der Waals surface area (Å²) >= 11 is 1.69. The lowest BCUT2D eigenvalue weighted by atomic mass is 10.1. The molecule has 3 N–H and O–H groups in total. The Hall–Kier alpha value is -1.69. The highest BCUT2D eigenvalue weighted by atomic mass is 35.5. The second-order valence-electron chi connectivity index (χ2n) is 6.23. The minimum atomic E-state index is -0.379. The van der Waals surface area contributed by atoms with Crippen LogP contribution in [0.4, 0.5) is 5.69 Å². The van der Waals surface area contributed by atoms with E-state index >= 15 is 0 Å². The second kappa shape index (κ2) is 9.86. The molecule has 0 bridgehead atoms. The lowest BCUT2D eigenvalue weighted by Gasteiger charge is -2.27. The normalized spacial score (nSPS) is 15.1. The molecule has 4 nitrogen and oxygen atoms in total. The summed E-state index contributed by atoms with van der Waals surface area (Å²) in [5, 5.41) is 3.09. The van der Waals surface area contributed by atoms with Gasteiger partial charge in [-0.05, 0) is 49.2 Å². The van der Waals surface area contributed by atoms with E-state index in [-0.39, 0.29) is 23.1 Å². The average molecular weight is 393 g/mol. The molecule has 0 aromatic heterocycles. The van der Waals surface area contributed by atoms with Gasteiger partial charge in [-0.25, -0.2) is 0 Å². The van der Waals surface area contributed by atoms with Crippen molar-refractivity contribution >= 4 is 35.8 Å². The Balaban J connectivity index is 0.00000243. The van der Waals surface area contributed by atoms with E-state index in [0.717, 1.165) is 42.0 Å². The van der Waals surface area contributed by atoms with Crippen LogP contribution in [-0.4, -0.2) is 23.8 Å². The summed E-state index contributed by atoms with van der Waals surface area (Å²) in [6, 6.07) is 17.6. The largest absolute Gasteiger partial charge is 0.492 e. The van der Waals surface area contributed by atoms with Crippen molar-refractivity contribution in [2.24, 2.45) is 5.73 Å². The number of nitrogens with two attached hydrogens (primary N) is 1. The lowest BCUT2D eigenvalue weighted by Crippen LogP contribution is -2.37. The van der Waals surface area contributed by atoms with E-state index in [1.165, 1.54) is 0 Å². The molecule has 0 aliphatic heterocycles. The van der Waals surface area contributed by atoms with Gasteiger partial charge in [0.05, 0.1) is 4.75 Å². The van der Waals surface area contributed by atoms with E-state index in [1.807, 2.05) is 42.5 Å². The number of hydrogen-bond donors (Lipinski definition) is 2. The first kappa shape index (κ1) is 20.6. The smallest absolute Gasteiger partial charge is 0.240 e. The number of ether oxygens (including phenoxy) is 1. The van der Waals surface area contributed by atoms with Crippen LogP contribution in [0.2, 0.25) is 0 Å². The summed E-state index contributed by atoms with van der Waals surface area (Å²) in [5.74, 6) is 0.854. The molecule has 0 heterocycles. The van der Waals surface area contributed by atoms with E-state index in [2.05, 4.69) is 17.4 Å². The van der Waals surface area contributed by atoms with Gasteiger partial charge in [0, 0.05) is 17.1 Å². The first-order valence-corrected chi connectivity index (χ1v) is 9.52. The van der Waals surface area contributed by atoms with E-state index in [1.54, 1.807) is 11.8 Å². The van der Waals surface area contributed by atoms with Crippen molar-refractivity contribution < 1.29 is 9.53 Å². The molecule has 1 fully saturated rings. The summed E-state index contributed by atoms with van der Waals surface area (Å²) in [5.41, 5.74) is 6.23. The number of carbonyl (C=O) groups is 1.